The molecule has 1 aliphatic rings. The predicted molar refractivity (Wildman–Crippen MR) is 80.9 cm³/mol. The SMILES string of the molecule is COc1ccc(CCC(=O)N(CC#N)C2CCCC2)cc1. The van der Waals surface area contributed by atoms with Gasteiger partial charge in [0.2, 0.25) is 5.91 Å². The van der Waals surface area contributed by atoms with Crippen molar-refractivity contribution in [3.05, 3.63) is 29.8 Å². The van der Waals surface area contributed by atoms with Gasteiger partial charge in [0.05, 0.1) is 13.2 Å². The summed E-state index contributed by atoms with van der Waals surface area (Å²) in [7, 11) is 1.64. The van der Waals surface area contributed by atoms with Gasteiger partial charge in [-0.15, -0.1) is 0 Å². The van der Waals surface area contributed by atoms with E-state index in [0.29, 0.717) is 12.8 Å². The molecule has 0 aliphatic heterocycles. The fraction of sp³-hybridized carbons (Fsp3) is 0.529. The molecule has 0 N–H and O–H groups in total. The number of hydrogen-bond acceptors (Lipinski definition) is 3. The van der Waals surface area contributed by atoms with E-state index in [-0.39, 0.29) is 18.5 Å². The van der Waals surface area contributed by atoms with Crippen molar-refractivity contribution in [2.24, 2.45) is 0 Å². The summed E-state index contributed by atoms with van der Waals surface area (Å²) in [4.78, 5) is 14.1. The maximum absolute atomic E-state index is 12.4. The first-order valence-electron chi connectivity index (χ1n) is 7.54. The normalized spacial score (nSPS) is 14.7. The Labute approximate surface area is 126 Å². The monoisotopic (exact) mass is 286 g/mol. The van der Waals surface area contributed by atoms with Crippen molar-refractivity contribution < 1.29 is 9.53 Å². The number of carbonyl (C=O) groups excluding carboxylic acids is 1. The van der Waals surface area contributed by atoms with Gasteiger partial charge in [-0.3, -0.25) is 4.79 Å². The smallest absolute Gasteiger partial charge is 0.224 e. The molecule has 0 atom stereocenters. The van der Waals surface area contributed by atoms with E-state index in [1.165, 1.54) is 12.8 Å². The fourth-order valence-corrected chi connectivity index (χ4v) is 2.90. The fourth-order valence-electron chi connectivity index (χ4n) is 2.90. The Bertz CT molecular complexity index is 499. The molecule has 21 heavy (non-hydrogen) atoms. The summed E-state index contributed by atoms with van der Waals surface area (Å²) in [6.45, 7) is 0.214. The highest BCUT2D eigenvalue weighted by Crippen LogP contribution is 2.24. The third-order valence-corrected chi connectivity index (χ3v) is 4.11. The van der Waals surface area contributed by atoms with Gasteiger partial charge in [0.1, 0.15) is 12.3 Å². The lowest BCUT2D eigenvalue weighted by Gasteiger charge is -2.26. The molecule has 1 saturated carbocycles. The summed E-state index contributed by atoms with van der Waals surface area (Å²) in [6.07, 6.45) is 5.57. The number of nitriles is 1. The number of methoxy groups -OCH3 is 1. The zero-order valence-electron chi connectivity index (χ0n) is 12.5. The second-order valence-electron chi connectivity index (χ2n) is 5.47. The van der Waals surface area contributed by atoms with Crippen LogP contribution in [0.2, 0.25) is 0 Å². The van der Waals surface area contributed by atoms with E-state index >= 15 is 0 Å². The minimum absolute atomic E-state index is 0.0965. The molecule has 0 aromatic heterocycles. The maximum atomic E-state index is 12.4. The third-order valence-electron chi connectivity index (χ3n) is 4.11. The molecule has 4 heteroatoms. The Balaban J connectivity index is 1.90. The Morgan fingerprint density at radius 1 is 1.33 bits per heavy atom. The van der Waals surface area contributed by atoms with Gasteiger partial charge in [-0.25, -0.2) is 0 Å². The molecule has 0 heterocycles. The van der Waals surface area contributed by atoms with Gasteiger partial charge in [0, 0.05) is 12.5 Å². The van der Waals surface area contributed by atoms with Gasteiger partial charge in [0.25, 0.3) is 0 Å². The average molecular weight is 286 g/mol. The summed E-state index contributed by atoms with van der Waals surface area (Å²) in [5.74, 6) is 0.918. The van der Waals surface area contributed by atoms with Crippen LogP contribution in [0.15, 0.2) is 24.3 Å². The van der Waals surface area contributed by atoms with Crippen LogP contribution in [0.5, 0.6) is 5.75 Å². The van der Waals surface area contributed by atoms with Gasteiger partial charge in [-0.05, 0) is 37.0 Å². The summed E-state index contributed by atoms with van der Waals surface area (Å²) in [6, 6.07) is 10.2. The minimum atomic E-state index is 0.0965. The first-order chi connectivity index (χ1) is 10.2. The molecule has 1 amide bonds. The van der Waals surface area contributed by atoms with Crippen LogP contribution in [-0.4, -0.2) is 30.5 Å². The molecule has 2 rings (SSSR count). The Morgan fingerprint density at radius 3 is 2.57 bits per heavy atom. The standard InChI is InChI=1S/C17H22N2O2/c1-21-16-9-6-14(7-10-16)8-11-17(20)19(13-12-18)15-4-2-3-5-15/h6-7,9-10,15H,2-5,8,11,13H2,1H3. The zero-order chi connectivity index (χ0) is 15.1. The van der Waals surface area contributed by atoms with Crippen LogP contribution in [0, 0.1) is 11.3 Å². The highest BCUT2D eigenvalue weighted by atomic mass is 16.5. The number of carbonyl (C=O) groups is 1. The molecule has 0 saturated heterocycles. The number of ether oxygens (including phenoxy) is 1. The highest BCUT2D eigenvalue weighted by Gasteiger charge is 2.25. The first kappa shape index (κ1) is 15.4. The van der Waals surface area contributed by atoms with Crippen molar-refractivity contribution in [1.82, 2.24) is 4.90 Å². The molecular formula is C17H22N2O2. The molecule has 0 bridgehead atoms. The first-order valence-corrected chi connectivity index (χ1v) is 7.54. The number of amides is 1. The van der Waals surface area contributed by atoms with E-state index in [1.807, 2.05) is 24.3 Å². The minimum Gasteiger partial charge on any atom is -0.497 e. The predicted octanol–water partition coefficient (Wildman–Crippen LogP) is 2.92. The molecule has 1 aromatic carbocycles. The number of hydrogen-bond donors (Lipinski definition) is 0. The molecule has 1 fully saturated rings. The van der Waals surface area contributed by atoms with Crippen molar-refractivity contribution in [2.45, 2.75) is 44.6 Å². The van der Waals surface area contributed by atoms with Crippen molar-refractivity contribution in [3.8, 4) is 11.8 Å². The lowest BCUT2D eigenvalue weighted by atomic mass is 10.1. The summed E-state index contributed by atoms with van der Waals surface area (Å²) < 4.78 is 5.12. The second-order valence-corrected chi connectivity index (χ2v) is 5.47. The van der Waals surface area contributed by atoms with Gasteiger partial charge >= 0.3 is 0 Å². The van der Waals surface area contributed by atoms with Crippen LogP contribution in [0.3, 0.4) is 0 Å². The molecule has 112 valence electrons. The van der Waals surface area contributed by atoms with E-state index in [1.54, 1.807) is 12.0 Å². The molecule has 0 spiro atoms. The summed E-state index contributed by atoms with van der Waals surface area (Å²) in [5.41, 5.74) is 1.12. The van der Waals surface area contributed by atoms with Gasteiger partial charge in [-0.1, -0.05) is 25.0 Å². The van der Waals surface area contributed by atoms with Crippen LogP contribution in [-0.2, 0) is 11.2 Å². The number of aryl methyl sites for hydroxylation is 1. The molecule has 1 aliphatic carbocycles. The summed E-state index contributed by atoms with van der Waals surface area (Å²) in [5, 5.41) is 8.93. The number of nitrogens with zero attached hydrogens (tertiary/aromatic N) is 2. The van der Waals surface area contributed by atoms with Crippen LogP contribution in [0.25, 0.3) is 0 Å². The molecule has 0 unspecified atom stereocenters. The molecule has 1 aromatic rings. The quantitative estimate of drug-likeness (QED) is 0.756. The Kier molecular flexibility index (Phi) is 5.62. The Morgan fingerprint density at radius 2 is 2.00 bits per heavy atom. The average Bonchev–Trinajstić information content (AvgIpc) is 3.04. The molecule has 4 nitrogen and oxygen atoms in total. The number of rotatable bonds is 6. The second kappa shape index (κ2) is 7.68. The number of benzene rings is 1. The van der Waals surface area contributed by atoms with Crippen LogP contribution in [0.4, 0.5) is 0 Å². The van der Waals surface area contributed by atoms with Crippen molar-refractivity contribution in [1.29, 1.82) is 5.26 Å². The van der Waals surface area contributed by atoms with Gasteiger partial charge in [0.15, 0.2) is 0 Å². The van der Waals surface area contributed by atoms with Crippen LogP contribution < -0.4 is 4.74 Å². The van der Waals surface area contributed by atoms with E-state index < -0.39 is 0 Å². The molecular weight excluding hydrogens is 264 g/mol. The van der Waals surface area contributed by atoms with Gasteiger partial charge < -0.3 is 9.64 Å². The highest BCUT2D eigenvalue weighted by molar-refractivity contribution is 5.77. The zero-order valence-corrected chi connectivity index (χ0v) is 12.5. The van der Waals surface area contributed by atoms with E-state index in [9.17, 15) is 4.79 Å². The lowest BCUT2D eigenvalue weighted by molar-refractivity contribution is -0.132. The molecule has 0 radical (unpaired) electrons. The van der Waals surface area contributed by atoms with E-state index in [4.69, 9.17) is 10.00 Å². The third kappa shape index (κ3) is 4.22. The van der Waals surface area contributed by atoms with Crippen molar-refractivity contribution >= 4 is 5.91 Å². The maximum Gasteiger partial charge on any atom is 0.224 e. The largest absolute Gasteiger partial charge is 0.497 e. The van der Waals surface area contributed by atoms with Crippen molar-refractivity contribution in [2.75, 3.05) is 13.7 Å². The van der Waals surface area contributed by atoms with Crippen LogP contribution in [0.1, 0.15) is 37.7 Å². The van der Waals surface area contributed by atoms with E-state index in [0.717, 1.165) is 24.2 Å². The summed E-state index contributed by atoms with van der Waals surface area (Å²) >= 11 is 0. The van der Waals surface area contributed by atoms with Gasteiger partial charge in [-0.2, -0.15) is 5.26 Å². The van der Waals surface area contributed by atoms with Crippen LogP contribution >= 0.6 is 0 Å². The topological polar surface area (TPSA) is 53.3 Å². The lowest BCUT2D eigenvalue weighted by Crippen LogP contribution is -2.39. The van der Waals surface area contributed by atoms with Crippen molar-refractivity contribution in [3.63, 3.8) is 0 Å². The Hall–Kier alpha value is -2.02. The van der Waals surface area contributed by atoms with E-state index in [2.05, 4.69) is 6.07 Å².